The Balaban J connectivity index is 1.65. The summed E-state index contributed by atoms with van der Waals surface area (Å²) < 4.78 is 10.8. The second kappa shape index (κ2) is 7.34. The molecule has 4 aromatic rings. The number of aryl methyl sites for hydroxylation is 1. The molecule has 0 aliphatic carbocycles. The number of aromatic amines is 1. The number of ether oxygens (including phenoxy) is 1. The summed E-state index contributed by atoms with van der Waals surface area (Å²) in [6.45, 7) is 1.46. The number of nitrogens with zero attached hydrogens (tertiary/aromatic N) is 2. The predicted molar refractivity (Wildman–Crippen MR) is 109 cm³/mol. The summed E-state index contributed by atoms with van der Waals surface area (Å²) in [6.07, 6.45) is 0. The van der Waals surface area contributed by atoms with E-state index in [2.05, 4.69) is 9.97 Å². The number of fused-ring (bicyclic) bond motifs is 2. The fraction of sp³-hybridized carbons (Fsp3) is 0.0952. The van der Waals surface area contributed by atoms with Crippen molar-refractivity contribution in [3.63, 3.8) is 0 Å². The Morgan fingerprint density at radius 3 is 2.90 bits per heavy atom. The van der Waals surface area contributed by atoms with Crippen LogP contribution in [0, 0.1) is 18.3 Å². The molecule has 0 atom stereocenters. The lowest BCUT2D eigenvalue weighted by atomic mass is 10.1. The van der Waals surface area contributed by atoms with Gasteiger partial charge in [0.1, 0.15) is 29.6 Å². The van der Waals surface area contributed by atoms with E-state index in [0.717, 1.165) is 11.1 Å². The minimum Gasteiger partial charge on any atom is -0.507 e. The Morgan fingerprint density at radius 2 is 2.14 bits per heavy atom. The van der Waals surface area contributed by atoms with E-state index >= 15 is 0 Å². The van der Waals surface area contributed by atoms with Crippen molar-refractivity contribution in [2.45, 2.75) is 6.92 Å². The Bertz CT molecular complexity index is 1350. The normalized spacial score (nSPS) is 12.0. The molecule has 0 saturated carbocycles. The van der Waals surface area contributed by atoms with Gasteiger partial charge in [-0.3, -0.25) is 0 Å². The van der Waals surface area contributed by atoms with Gasteiger partial charge in [-0.15, -0.1) is 0 Å². The van der Waals surface area contributed by atoms with E-state index in [1.807, 2.05) is 24.3 Å². The van der Waals surface area contributed by atoms with Crippen LogP contribution in [0.2, 0.25) is 5.02 Å². The minimum absolute atomic E-state index is 0.0412. The molecule has 7 nitrogen and oxygen atoms in total. The third-order valence-corrected chi connectivity index (χ3v) is 4.69. The van der Waals surface area contributed by atoms with Crippen LogP contribution in [0.15, 0.2) is 57.4 Å². The molecule has 2 N–H and O–H groups in total. The van der Waals surface area contributed by atoms with E-state index in [9.17, 15) is 15.2 Å². The Kier molecular flexibility index (Phi) is 4.71. The van der Waals surface area contributed by atoms with E-state index < -0.39 is 5.63 Å². The number of H-pyrrole nitrogens is 1. The van der Waals surface area contributed by atoms with Gasteiger partial charge in [0, 0.05) is 17.5 Å². The number of aliphatic hydroxyl groups is 1. The first kappa shape index (κ1) is 18.6. The van der Waals surface area contributed by atoms with Crippen LogP contribution in [0.4, 0.5) is 0 Å². The van der Waals surface area contributed by atoms with Crippen molar-refractivity contribution in [1.82, 2.24) is 9.97 Å². The average molecular weight is 408 g/mol. The molecule has 2 aromatic heterocycles. The third-order valence-electron chi connectivity index (χ3n) is 4.39. The molecular formula is C21H14ClN3O4. The highest BCUT2D eigenvalue weighted by atomic mass is 35.5. The lowest BCUT2D eigenvalue weighted by molar-refractivity contribution is 0.272. The van der Waals surface area contributed by atoms with Crippen LogP contribution in [0.1, 0.15) is 11.4 Å². The number of halogens is 1. The summed E-state index contributed by atoms with van der Waals surface area (Å²) >= 11 is 6.26. The molecule has 0 spiro atoms. The maximum Gasteiger partial charge on any atom is 0.336 e. The summed E-state index contributed by atoms with van der Waals surface area (Å²) in [5.74, 6) is 0.135. The molecule has 0 aliphatic heterocycles. The average Bonchev–Trinajstić information content (AvgIpc) is 3.11. The van der Waals surface area contributed by atoms with Gasteiger partial charge in [-0.25, -0.2) is 9.78 Å². The maximum atomic E-state index is 11.6. The molecular weight excluding hydrogens is 394 g/mol. The molecule has 0 saturated heterocycles. The zero-order valence-corrected chi connectivity index (χ0v) is 15.9. The fourth-order valence-electron chi connectivity index (χ4n) is 2.97. The van der Waals surface area contributed by atoms with Gasteiger partial charge in [-0.05, 0) is 30.7 Å². The monoisotopic (exact) mass is 407 g/mol. The first-order valence-corrected chi connectivity index (χ1v) is 8.98. The van der Waals surface area contributed by atoms with Gasteiger partial charge in [0.2, 0.25) is 0 Å². The molecule has 4 rings (SSSR count). The van der Waals surface area contributed by atoms with Crippen molar-refractivity contribution in [3.8, 4) is 11.8 Å². The highest BCUT2D eigenvalue weighted by molar-refractivity contribution is 6.32. The van der Waals surface area contributed by atoms with Crippen molar-refractivity contribution in [3.05, 3.63) is 75.1 Å². The lowest BCUT2D eigenvalue weighted by Crippen LogP contribution is -2.05. The molecule has 0 radical (unpaired) electrons. The summed E-state index contributed by atoms with van der Waals surface area (Å²) in [6, 6.07) is 13.7. The van der Waals surface area contributed by atoms with Crippen molar-refractivity contribution in [1.29, 1.82) is 5.26 Å². The zero-order chi connectivity index (χ0) is 20.5. The number of aliphatic hydroxyl groups excluding tert-OH is 1. The number of aromatic nitrogens is 2. The SMILES string of the molecule is Cc1cc(=O)oc2cc(OC/C(O)=C(\C#N)c3nc4ccccc4[nH]3)c(Cl)cc12. The van der Waals surface area contributed by atoms with Gasteiger partial charge in [0.25, 0.3) is 0 Å². The largest absolute Gasteiger partial charge is 0.507 e. The van der Waals surface area contributed by atoms with Crippen molar-refractivity contribution in [2.24, 2.45) is 0 Å². The quantitative estimate of drug-likeness (QED) is 0.292. The van der Waals surface area contributed by atoms with Crippen LogP contribution in [-0.4, -0.2) is 21.7 Å². The summed E-state index contributed by atoms with van der Waals surface area (Å²) in [5.41, 5.74) is 1.93. The topological polar surface area (TPSA) is 112 Å². The van der Waals surface area contributed by atoms with Gasteiger partial charge in [0.15, 0.2) is 11.6 Å². The van der Waals surface area contributed by atoms with Gasteiger partial charge in [0.05, 0.1) is 16.1 Å². The number of nitrogens with one attached hydrogen (secondary N) is 1. The smallest absolute Gasteiger partial charge is 0.336 e. The molecule has 8 heteroatoms. The number of allylic oxidation sites excluding steroid dienone is 1. The van der Waals surface area contributed by atoms with Crippen molar-refractivity contribution in [2.75, 3.05) is 6.61 Å². The second-order valence-electron chi connectivity index (χ2n) is 6.35. The molecule has 0 bridgehead atoms. The maximum absolute atomic E-state index is 11.6. The first-order valence-electron chi connectivity index (χ1n) is 8.60. The number of rotatable bonds is 4. The third kappa shape index (κ3) is 3.53. The highest BCUT2D eigenvalue weighted by Gasteiger charge is 2.15. The first-order chi connectivity index (χ1) is 14.0. The Hall–Kier alpha value is -3.76. The van der Waals surface area contributed by atoms with Gasteiger partial charge < -0.3 is 19.2 Å². The van der Waals surface area contributed by atoms with Crippen molar-refractivity contribution < 1.29 is 14.3 Å². The highest BCUT2D eigenvalue weighted by Crippen LogP contribution is 2.31. The van der Waals surface area contributed by atoms with E-state index in [-0.39, 0.29) is 34.5 Å². The number of hydrogen-bond donors (Lipinski definition) is 2. The number of imidazole rings is 1. The molecule has 29 heavy (non-hydrogen) atoms. The number of nitriles is 1. The lowest BCUT2D eigenvalue weighted by Gasteiger charge is -2.10. The van der Waals surface area contributed by atoms with Crippen molar-refractivity contribution >= 4 is 39.2 Å². The molecule has 0 unspecified atom stereocenters. The van der Waals surface area contributed by atoms with E-state index in [0.29, 0.717) is 16.5 Å². The molecule has 144 valence electrons. The molecule has 2 aromatic carbocycles. The predicted octanol–water partition coefficient (Wildman–Crippen LogP) is 4.50. The Morgan fingerprint density at radius 1 is 1.34 bits per heavy atom. The minimum atomic E-state index is -0.484. The van der Waals surface area contributed by atoms with Crippen LogP contribution >= 0.6 is 11.6 Å². The molecule has 0 amide bonds. The summed E-state index contributed by atoms with van der Waals surface area (Å²) in [7, 11) is 0. The van der Waals surface area contributed by atoms with Gasteiger partial charge in [-0.2, -0.15) is 5.26 Å². The van der Waals surface area contributed by atoms with E-state index in [1.54, 1.807) is 19.1 Å². The van der Waals surface area contributed by atoms with Crippen LogP contribution in [0.3, 0.4) is 0 Å². The van der Waals surface area contributed by atoms with Crippen LogP contribution in [0.25, 0.3) is 27.6 Å². The van der Waals surface area contributed by atoms with Crippen LogP contribution < -0.4 is 10.4 Å². The zero-order valence-electron chi connectivity index (χ0n) is 15.2. The number of para-hydroxylation sites is 2. The van der Waals surface area contributed by atoms with Crippen LogP contribution in [-0.2, 0) is 0 Å². The molecule has 0 aliphatic rings. The van der Waals surface area contributed by atoms with Gasteiger partial charge >= 0.3 is 5.63 Å². The van der Waals surface area contributed by atoms with Crippen LogP contribution in [0.5, 0.6) is 5.75 Å². The molecule has 2 heterocycles. The summed E-state index contributed by atoms with van der Waals surface area (Å²) in [5, 5.41) is 20.8. The standard InChI is InChI=1S/C21H14ClN3O4/c1-11-6-20(27)29-18-8-19(14(22)7-12(11)18)28-10-17(26)13(9-23)21-24-15-4-2-3-5-16(15)25-21/h2-8,26H,10H2,1H3,(H,24,25)/b17-13-. The Labute approximate surface area is 169 Å². The summed E-state index contributed by atoms with van der Waals surface area (Å²) in [4.78, 5) is 18.9. The van der Waals surface area contributed by atoms with Gasteiger partial charge in [-0.1, -0.05) is 23.7 Å². The number of benzene rings is 2. The van der Waals surface area contributed by atoms with E-state index in [4.69, 9.17) is 20.8 Å². The fourth-order valence-corrected chi connectivity index (χ4v) is 3.19. The molecule has 0 fully saturated rings. The van der Waals surface area contributed by atoms with E-state index in [1.165, 1.54) is 12.1 Å². The number of hydrogen-bond acceptors (Lipinski definition) is 6. The second-order valence-corrected chi connectivity index (χ2v) is 6.76.